The van der Waals surface area contributed by atoms with Crippen LogP contribution in [0.25, 0.3) is 0 Å². The Morgan fingerprint density at radius 3 is 2.81 bits per heavy atom. The second-order valence-corrected chi connectivity index (χ2v) is 5.32. The van der Waals surface area contributed by atoms with E-state index in [4.69, 9.17) is 0 Å². The topological polar surface area (TPSA) is 50.2 Å². The fraction of sp³-hybridized carbons (Fsp3) is 0.692. The van der Waals surface area contributed by atoms with Gasteiger partial charge in [0.25, 0.3) is 5.91 Å². The standard InChI is InChI=1S/C13H19F3N4O/c1-3-20-5-4-9(7-20)6-17-12(21)10-8-19(2)18-11(10)13(14,15)16/h8-9H,3-7H2,1-2H3,(H,17,21). The van der Waals surface area contributed by atoms with E-state index in [1.54, 1.807) is 0 Å². The van der Waals surface area contributed by atoms with E-state index < -0.39 is 23.3 Å². The normalized spacial score (nSPS) is 20.0. The van der Waals surface area contributed by atoms with Crippen LogP contribution in [0.3, 0.4) is 0 Å². The number of halogens is 3. The van der Waals surface area contributed by atoms with E-state index in [-0.39, 0.29) is 0 Å². The van der Waals surface area contributed by atoms with Crippen LogP contribution in [-0.2, 0) is 13.2 Å². The van der Waals surface area contributed by atoms with Crippen LogP contribution < -0.4 is 5.32 Å². The fourth-order valence-electron chi connectivity index (χ4n) is 2.56. The van der Waals surface area contributed by atoms with Crippen molar-refractivity contribution in [3.63, 3.8) is 0 Å². The number of carbonyl (C=O) groups excluding carboxylic acids is 1. The summed E-state index contributed by atoms with van der Waals surface area (Å²) in [6.45, 7) is 5.24. The SMILES string of the molecule is CCN1CCC(CNC(=O)c2cn(C)nc2C(F)(F)F)C1. The van der Waals surface area contributed by atoms with Gasteiger partial charge in [0, 0.05) is 26.3 Å². The van der Waals surface area contributed by atoms with Gasteiger partial charge in [-0.2, -0.15) is 18.3 Å². The van der Waals surface area contributed by atoms with Crippen LogP contribution >= 0.6 is 0 Å². The molecule has 118 valence electrons. The van der Waals surface area contributed by atoms with Crippen LogP contribution in [0.4, 0.5) is 13.2 Å². The maximum Gasteiger partial charge on any atom is 0.435 e. The lowest BCUT2D eigenvalue weighted by Gasteiger charge is -2.14. The summed E-state index contributed by atoms with van der Waals surface area (Å²) < 4.78 is 39.4. The van der Waals surface area contributed by atoms with Gasteiger partial charge in [-0.05, 0) is 25.4 Å². The summed E-state index contributed by atoms with van der Waals surface area (Å²) >= 11 is 0. The van der Waals surface area contributed by atoms with Gasteiger partial charge in [0.2, 0.25) is 0 Å². The van der Waals surface area contributed by atoms with Crippen LogP contribution in [0, 0.1) is 5.92 Å². The van der Waals surface area contributed by atoms with E-state index in [0.29, 0.717) is 12.5 Å². The molecule has 2 heterocycles. The van der Waals surface area contributed by atoms with Crippen molar-refractivity contribution in [2.45, 2.75) is 19.5 Å². The zero-order valence-corrected chi connectivity index (χ0v) is 12.1. The molecule has 8 heteroatoms. The Bertz CT molecular complexity index is 512. The molecule has 1 fully saturated rings. The molecule has 0 aromatic carbocycles. The van der Waals surface area contributed by atoms with Gasteiger partial charge < -0.3 is 10.2 Å². The predicted molar refractivity (Wildman–Crippen MR) is 70.8 cm³/mol. The number of likely N-dealkylation sites (tertiary alicyclic amines) is 1. The van der Waals surface area contributed by atoms with Crippen molar-refractivity contribution in [2.24, 2.45) is 13.0 Å². The first-order valence-electron chi connectivity index (χ1n) is 6.92. The average Bonchev–Trinajstić information content (AvgIpc) is 3.01. The van der Waals surface area contributed by atoms with Crippen molar-refractivity contribution in [3.05, 3.63) is 17.5 Å². The third-order valence-corrected chi connectivity index (χ3v) is 3.71. The highest BCUT2D eigenvalue weighted by molar-refractivity contribution is 5.95. The lowest BCUT2D eigenvalue weighted by molar-refractivity contribution is -0.141. The van der Waals surface area contributed by atoms with Crippen molar-refractivity contribution in [1.82, 2.24) is 20.0 Å². The molecule has 5 nitrogen and oxygen atoms in total. The quantitative estimate of drug-likeness (QED) is 0.917. The average molecular weight is 304 g/mol. The zero-order chi connectivity index (χ0) is 15.6. The van der Waals surface area contributed by atoms with Gasteiger partial charge in [0.1, 0.15) is 0 Å². The van der Waals surface area contributed by atoms with Gasteiger partial charge in [-0.3, -0.25) is 9.48 Å². The highest BCUT2D eigenvalue weighted by atomic mass is 19.4. The van der Waals surface area contributed by atoms with Crippen molar-refractivity contribution in [3.8, 4) is 0 Å². The Kier molecular flexibility index (Phi) is 4.55. The van der Waals surface area contributed by atoms with Crippen molar-refractivity contribution < 1.29 is 18.0 Å². The second-order valence-electron chi connectivity index (χ2n) is 5.32. The number of carbonyl (C=O) groups is 1. The minimum Gasteiger partial charge on any atom is -0.352 e. The largest absolute Gasteiger partial charge is 0.435 e. The van der Waals surface area contributed by atoms with Crippen LogP contribution in [0.1, 0.15) is 29.4 Å². The minimum absolute atomic E-state index is 0.292. The first kappa shape index (κ1) is 15.8. The number of aryl methyl sites for hydroxylation is 1. The highest BCUT2D eigenvalue weighted by Crippen LogP contribution is 2.30. The van der Waals surface area contributed by atoms with Crippen LogP contribution in [-0.4, -0.2) is 46.8 Å². The lowest BCUT2D eigenvalue weighted by Crippen LogP contribution is -2.32. The van der Waals surface area contributed by atoms with Crippen LogP contribution in [0.15, 0.2) is 6.20 Å². The Morgan fingerprint density at radius 1 is 1.52 bits per heavy atom. The number of nitrogens with zero attached hydrogens (tertiary/aromatic N) is 3. The zero-order valence-electron chi connectivity index (χ0n) is 12.1. The Labute approximate surface area is 121 Å². The highest BCUT2D eigenvalue weighted by Gasteiger charge is 2.39. The number of amides is 1. The van der Waals surface area contributed by atoms with Crippen LogP contribution in [0.2, 0.25) is 0 Å². The molecule has 0 spiro atoms. The molecule has 1 N–H and O–H groups in total. The van der Waals surface area contributed by atoms with Crippen molar-refractivity contribution in [1.29, 1.82) is 0 Å². The molecule has 1 unspecified atom stereocenters. The number of alkyl halides is 3. The van der Waals surface area contributed by atoms with E-state index >= 15 is 0 Å². The number of hydrogen-bond donors (Lipinski definition) is 1. The van der Waals surface area contributed by atoms with Gasteiger partial charge in [0.15, 0.2) is 5.69 Å². The second kappa shape index (κ2) is 6.05. The number of nitrogens with one attached hydrogen (secondary N) is 1. The van der Waals surface area contributed by atoms with Crippen molar-refractivity contribution >= 4 is 5.91 Å². The fourth-order valence-corrected chi connectivity index (χ4v) is 2.56. The molecule has 0 radical (unpaired) electrons. The number of rotatable bonds is 4. The molecule has 1 saturated heterocycles. The molecule has 1 atom stereocenters. The molecule has 1 aromatic heterocycles. The maximum absolute atomic E-state index is 12.8. The minimum atomic E-state index is -4.62. The summed E-state index contributed by atoms with van der Waals surface area (Å²) in [4.78, 5) is 14.2. The van der Waals surface area contributed by atoms with Gasteiger partial charge in [-0.25, -0.2) is 0 Å². The molecule has 0 saturated carbocycles. The third kappa shape index (κ3) is 3.75. The van der Waals surface area contributed by atoms with Crippen LogP contribution in [0.5, 0.6) is 0 Å². The number of hydrogen-bond acceptors (Lipinski definition) is 3. The molecule has 1 amide bonds. The van der Waals surface area contributed by atoms with Gasteiger partial charge in [0.05, 0.1) is 5.56 Å². The van der Waals surface area contributed by atoms with E-state index in [0.717, 1.165) is 36.9 Å². The Balaban J connectivity index is 1.98. The van der Waals surface area contributed by atoms with E-state index in [9.17, 15) is 18.0 Å². The molecule has 1 aromatic rings. The number of aromatic nitrogens is 2. The molecule has 1 aliphatic rings. The van der Waals surface area contributed by atoms with Gasteiger partial charge >= 0.3 is 6.18 Å². The van der Waals surface area contributed by atoms with Crippen molar-refractivity contribution in [2.75, 3.05) is 26.2 Å². The molecular formula is C13H19F3N4O. The Hall–Kier alpha value is -1.57. The van der Waals surface area contributed by atoms with E-state index in [1.165, 1.54) is 7.05 Å². The first-order valence-corrected chi connectivity index (χ1v) is 6.92. The monoisotopic (exact) mass is 304 g/mol. The molecule has 21 heavy (non-hydrogen) atoms. The van der Waals surface area contributed by atoms with Gasteiger partial charge in [-0.1, -0.05) is 6.92 Å². The van der Waals surface area contributed by atoms with E-state index in [1.807, 2.05) is 0 Å². The maximum atomic E-state index is 12.8. The summed E-state index contributed by atoms with van der Waals surface area (Å²) in [5, 5.41) is 5.92. The molecule has 0 bridgehead atoms. The summed E-state index contributed by atoms with van der Waals surface area (Å²) in [5.41, 5.74) is -1.56. The summed E-state index contributed by atoms with van der Waals surface area (Å²) in [5.74, 6) is -0.426. The lowest BCUT2D eigenvalue weighted by atomic mass is 10.1. The Morgan fingerprint density at radius 2 is 2.24 bits per heavy atom. The summed E-state index contributed by atoms with van der Waals surface area (Å²) in [7, 11) is 1.36. The molecule has 2 rings (SSSR count). The molecule has 0 aliphatic carbocycles. The van der Waals surface area contributed by atoms with E-state index in [2.05, 4.69) is 22.2 Å². The first-order chi connectivity index (χ1) is 9.81. The smallest absolute Gasteiger partial charge is 0.352 e. The predicted octanol–water partition coefficient (Wildman–Crippen LogP) is 1.51. The summed E-state index contributed by atoms with van der Waals surface area (Å²) in [6, 6.07) is 0. The molecular weight excluding hydrogens is 285 g/mol. The third-order valence-electron chi connectivity index (χ3n) is 3.71. The summed E-state index contributed by atoms with van der Waals surface area (Å²) in [6.07, 6.45) is -2.57. The molecule has 1 aliphatic heterocycles. The van der Waals surface area contributed by atoms with Gasteiger partial charge in [-0.15, -0.1) is 0 Å².